The number of hydrogen-bond donors (Lipinski definition) is 2. The van der Waals surface area contributed by atoms with Gasteiger partial charge in [-0.1, -0.05) is 60.7 Å². The highest BCUT2D eigenvalue weighted by Crippen LogP contribution is 2.35. The minimum Gasteiger partial charge on any atom is -0.387 e. The Hall–Kier alpha value is -2.13. The highest BCUT2D eigenvalue weighted by Gasteiger charge is 2.36. The normalized spacial score (nSPS) is 16.8. The number of aliphatic hydroxyl groups is 1. The summed E-state index contributed by atoms with van der Waals surface area (Å²) >= 11 is 0. The van der Waals surface area contributed by atoms with E-state index in [1.807, 2.05) is 60.7 Å². The molecule has 0 aliphatic heterocycles. The average molecular weight is 309 g/mol. The van der Waals surface area contributed by atoms with E-state index in [1.54, 1.807) is 6.92 Å². The van der Waals surface area contributed by atoms with Crippen LogP contribution in [-0.2, 0) is 4.79 Å². The molecule has 23 heavy (non-hydrogen) atoms. The Labute approximate surface area is 137 Å². The van der Waals surface area contributed by atoms with E-state index in [4.69, 9.17) is 0 Å². The van der Waals surface area contributed by atoms with Gasteiger partial charge in [0.25, 0.3) is 0 Å². The van der Waals surface area contributed by atoms with Crippen LogP contribution in [0.1, 0.15) is 36.8 Å². The van der Waals surface area contributed by atoms with Crippen molar-refractivity contribution in [2.45, 2.75) is 31.3 Å². The summed E-state index contributed by atoms with van der Waals surface area (Å²) in [6.45, 7) is 2.04. The fourth-order valence-electron chi connectivity index (χ4n) is 3.06. The van der Waals surface area contributed by atoms with E-state index < -0.39 is 5.60 Å². The minimum atomic E-state index is -1.06. The Bertz CT molecular complexity index is 608. The molecule has 1 aliphatic carbocycles. The first-order valence-electron chi connectivity index (χ1n) is 8.18. The van der Waals surface area contributed by atoms with Gasteiger partial charge in [0.15, 0.2) is 0 Å². The lowest BCUT2D eigenvalue weighted by molar-refractivity contribution is -0.123. The van der Waals surface area contributed by atoms with Crippen LogP contribution >= 0.6 is 0 Å². The van der Waals surface area contributed by atoms with Gasteiger partial charge in [-0.3, -0.25) is 4.79 Å². The van der Waals surface area contributed by atoms with Crippen LogP contribution in [0.5, 0.6) is 0 Å². The summed E-state index contributed by atoms with van der Waals surface area (Å²) in [7, 11) is 0. The molecule has 0 aromatic heterocycles. The molecule has 0 unspecified atom stereocenters. The van der Waals surface area contributed by atoms with Crippen molar-refractivity contribution in [2.75, 3.05) is 6.54 Å². The quantitative estimate of drug-likeness (QED) is 0.861. The fraction of sp³-hybridized carbons (Fsp3) is 0.350. The molecular formula is C20H23NO2. The van der Waals surface area contributed by atoms with Gasteiger partial charge in [0.2, 0.25) is 5.91 Å². The van der Waals surface area contributed by atoms with Crippen molar-refractivity contribution in [3.05, 3.63) is 71.8 Å². The number of carbonyl (C=O) groups excluding carboxylic acids is 1. The van der Waals surface area contributed by atoms with Crippen molar-refractivity contribution >= 4 is 5.91 Å². The molecule has 120 valence electrons. The van der Waals surface area contributed by atoms with E-state index in [2.05, 4.69) is 5.32 Å². The zero-order valence-corrected chi connectivity index (χ0v) is 13.4. The summed E-state index contributed by atoms with van der Waals surface area (Å²) in [6.07, 6.45) is 1.93. The van der Waals surface area contributed by atoms with E-state index in [0.29, 0.717) is 0 Å². The molecule has 0 spiro atoms. The molecule has 0 saturated heterocycles. The van der Waals surface area contributed by atoms with E-state index in [9.17, 15) is 9.90 Å². The molecule has 2 N–H and O–H groups in total. The van der Waals surface area contributed by atoms with Crippen molar-refractivity contribution in [2.24, 2.45) is 5.92 Å². The fourth-order valence-corrected chi connectivity index (χ4v) is 3.06. The van der Waals surface area contributed by atoms with Gasteiger partial charge in [-0.25, -0.2) is 0 Å². The Morgan fingerprint density at radius 1 is 1.09 bits per heavy atom. The monoisotopic (exact) mass is 309 g/mol. The smallest absolute Gasteiger partial charge is 0.223 e. The van der Waals surface area contributed by atoms with Gasteiger partial charge in [-0.05, 0) is 30.9 Å². The van der Waals surface area contributed by atoms with Crippen LogP contribution < -0.4 is 5.32 Å². The summed E-state index contributed by atoms with van der Waals surface area (Å²) in [5.74, 6) is 0.0206. The van der Waals surface area contributed by atoms with Gasteiger partial charge in [-0.15, -0.1) is 0 Å². The van der Waals surface area contributed by atoms with Crippen LogP contribution in [-0.4, -0.2) is 23.2 Å². The van der Waals surface area contributed by atoms with Crippen molar-refractivity contribution < 1.29 is 9.90 Å². The van der Waals surface area contributed by atoms with Crippen molar-refractivity contribution in [3.63, 3.8) is 0 Å². The molecule has 1 fully saturated rings. The molecule has 0 radical (unpaired) electrons. The Morgan fingerprint density at radius 2 is 1.57 bits per heavy atom. The third-order valence-corrected chi connectivity index (χ3v) is 4.46. The Kier molecular flexibility index (Phi) is 4.49. The van der Waals surface area contributed by atoms with E-state index in [-0.39, 0.29) is 24.3 Å². The van der Waals surface area contributed by atoms with Gasteiger partial charge in [0.1, 0.15) is 0 Å². The van der Waals surface area contributed by atoms with Crippen LogP contribution in [0.25, 0.3) is 0 Å². The standard InChI is InChI=1S/C20H23NO2/c1-20(23,14-21-19(22)17-12-13-17)18(15-8-4-2-5-9-15)16-10-6-3-7-11-16/h2-11,17-18,23H,12-14H2,1H3,(H,21,22)/t20-/m0/s1. The van der Waals surface area contributed by atoms with Gasteiger partial charge in [-0.2, -0.15) is 0 Å². The number of rotatable bonds is 6. The molecule has 1 amide bonds. The Balaban J connectivity index is 1.85. The van der Waals surface area contributed by atoms with Crippen LogP contribution in [0, 0.1) is 5.92 Å². The third kappa shape index (κ3) is 3.80. The summed E-state index contributed by atoms with van der Waals surface area (Å²) in [4.78, 5) is 11.9. The van der Waals surface area contributed by atoms with Crippen molar-refractivity contribution in [1.29, 1.82) is 0 Å². The van der Waals surface area contributed by atoms with E-state index in [0.717, 1.165) is 24.0 Å². The molecule has 0 bridgehead atoms. The number of nitrogens with one attached hydrogen (secondary N) is 1. The summed E-state index contributed by atoms with van der Waals surface area (Å²) in [5.41, 5.74) is 1.03. The second-order valence-corrected chi connectivity index (χ2v) is 6.60. The molecule has 3 heteroatoms. The van der Waals surface area contributed by atoms with Gasteiger partial charge in [0, 0.05) is 18.4 Å². The van der Waals surface area contributed by atoms with Crippen molar-refractivity contribution in [1.82, 2.24) is 5.32 Å². The topological polar surface area (TPSA) is 49.3 Å². The summed E-state index contributed by atoms with van der Waals surface area (Å²) in [5, 5.41) is 14.0. The van der Waals surface area contributed by atoms with Gasteiger partial charge >= 0.3 is 0 Å². The molecule has 0 heterocycles. The molecule has 2 aromatic carbocycles. The first kappa shape index (κ1) is 15.8. The largest absolute Gasteiger partial charge is 0.387 e. The summed E-state index contributed by atoms with van der Waals surface area (Å²) in [6, 6.07) is 19.9. The van der Waals surface area contributed by atoms with Gasteiger partial charge in [0.05, 0.1) is 5.60 Å². The molecule has 3 nitrogen and oxygen atoms in total. The predicted molar refractivity (Wildman–Crippen MR) is 91.1 cm³/mol. The zero-order valence-electron chi connectivity index (χ0n) is 13.4. The summed E-state index contributed by atoms with van der Waals surface area (Å²) < 4.78 is 0. The molecule has 1 aliphatic rings. The lowest BCUT2D eigenvalue weighted by atomic mass is 9.78. The lowest BCUT2D eigenvalue weighted by Crippen LogP contribution is -2.45. The third-order valence-electron chi connectivity index (χ3n) is 4.46. The minimum absolute atomic E-state index is 0.0603. The van der Waals surface area contributed by atoms with Crippen LogP contribution in [0.2, 0.25) is 0 Å². The second kappa shape index (κ2) is 6.55. The Morgan fingerprint density at radius 3 is 2.00 bits per heavy atom. The number of amides is 1. The molecular weight excluding hydrogens is 286 g/mol. The highest BCUT2D eigenvalue weighted by atomic mass is 16.3. The lowest BCUT2D eigenvalue weighted by Gasteiger charge is -2.34. The first-order valence-corrected chi connectivity index (χ1v) is 8.18. The number of benzene rings is 2. The maximum Gasteiger partial charge on any atom is 0.223 e. The number of carbonyl (C=O) groups is 1. The first-order chi connectivity index (χ1) is 11.1. The van der Waals surface area contributed by atoms with Crippen molar-refractivity contribution in [3.8, 4) is 0 Å². The van der Waals surface area contributed by atoms with E-state index in [1.165, 1.54) is 0 Å². The van der Waals surface area contributed by atoms with Crippen LogP contribution in [0.4, 0.5) is 0 Å². The maximum absolute atomic E-state index is 11.9. The van der Waals surface area contributed by atoms with Crippen LogP contribution in [0.15, 0.2) is 60.7 Å². The maximum atomic E-state index is 11.9. The predicted octanol–water partition coefficient (Wildman–Crippen LogP) is 3.10. The van der Waals surface area contributed by atoms with Crippen LogP contribution in [0.3, 0.4) is 0 Å². The molecule has 1 atom stereocenters. The average Bonchev–Trinajstić information content (AvgIpc) is 3.40. The van der Waals surface area contributed by atoms with E-state index >= 15 is 0 Å². The number of hydrogen-bond acceptors (Lipinski definition) is 2. The molecule has 2 aromatic rings. The molecule has 1 saturated carbocycles. The van der Waals surface area contributed by atoms with Gasteiger partial charge < -0.3 is 10.4 Å². The highest BCUT2D eigenvalue weighted by molar-refractivity contribution is 5.80. The SMILES string of the molecule is C[C@](O)(CNC(=O)C1CC1)C(c1ccccc1)c1ccccc1. The second-order valence-electron chi connectivity index (χ2n) is 6.60. The zero-order chi connectivity index (χ0) is 16.3. The molecule has 3 rings (SSSR count).